The normalized spacial score (nSPS) is 12.2. The number of hydrazine groups is 1. The van der Waals surface area contributed by atoms with Gasteiger partial charge in [-0.3, -0.25) is 10.2 Å². The molecule has 0 aliphatic rings. The highest BCUT2D eigenvalue weighted by Crippen LogP contribution is 2.23. The zero-order chi connectivity index (χ0) is 12.7. The monoisotopic (exact) mass is 235 g/mol. The molecular weight excluding hydrogens is 214 g/mol. The molecule has 0 heterocycles. The molecule has 1 amide bonds. The summed E-state index contributed by atoms with van der Waals surface area (Å²) >= 11 is 0. The number of amides is 1. The van der Waals surface area contributed by atoms with Crippen LogP contribution in [0.3, 0.4) is 0 Å². The topological polar surface area (TPSA) is 81.1 Å². The molecular formula is C13H21N3O. The Bertz CT molecular complexity index is 365. The van der Waals surface area contributed by atoms with Gasteiger partial charge in [0.05, 0.1) is 5.92 Å². The standard InChI is InChI=1S/C13H21N3O/c1-2-3-7-12(13(17)16-15)11-6-4-5-10(8-11)9-14/h4-6,8,12H,2-3,7,9,14-15H2,1H3,(H,16,17). The lowest BCUT2D eigenvalue weighted by molar-refractivity contribution is -0.122. The maximum absolute atomic E-state index is 11.8. The number of carbonyl (C=O) groups excluding carboxylic acids is 1. The molecule has 5 N–H and O–H groups in total. The van der Waals surface area contributed by atoms with Crippen LogP contribution >= 0.6 is 0 Å². The zero-order valence-corrected chi connectivity index (χ0v) is 10.3. The van der Waals surface area contributed by atoms with Gasteiger partial charge in [-0.2, -0.15) is 0 Å². The quantitative estimate of drug-likeness (QED) is 0.396. The molecule has 1 atom stereocenters. The van der Waals surface area contributed by atoms with E-state index in [4.69, 9.17) is 11.6 Å². The summed E-state index contributed by atoms with van der Waals surface area (Å²) < 4.78 is 0. The molecule has 1 unspecified atom stereocenters. The van der Waals surface area contributed by atoms with Gasteiger partial charge in [-0.1, -0.05) is 44.0 Å². The van der Waals surface area contributed by atoms with Gasteiger partial charge in [0.25, 0.3) is 0 Å². The van der Waals surface area contributed by atoms with E-state index >= 15 is 0 Å². The lowest BCUT2D eigenvalue weighted by Crippen LogP contribution is -2.34. The van der Waals surface area contributed by atoms with E-state index in [2.05, 4.69) is 12.3 Å². The van der Waals surface area contributed by atoms with Crippen LogP contribution in [0.1, 0.15) is 43.2 Å². The Balaban J connectivity index is 2.90. The van der Waals surface area contributed by atoms with Gasteiger partial charge < -0.3 is 5.73 Å². The number of nitrogens with one attached hydrogen (secondary N) is 1. The van der Waals surface area contributed by atoms with Crippen molar-refractivity contribution in [3.63, 3.8) is 0 Å². The lowest BCUT2D eigenvalue weighted by atomic mass is 9.92. The number of rotatable bonds is 6. The number of benzene rings is 1. The molecule has 0 radical (unpaired) electrons. The molecule has 0 aliphatic heterocycles. The summed E-state index contributed by atoms with van der Waals surface area (Å²) in [4.78, 5) is 11.8. The molecule has 4 nitrogen and oxygen atoms in total. The van der Waals surface area contributed by atoms with Crippen LogP contribution in [0.2, 0.25) is 0 Å². The van der Waals surface area contributed by atoms with Gasteiger partial charge in [0.1, 0.15) is 0 Å². The summed E-state index contributed by atoms with van der Waals surface area (Å²) in [6.45, 7) is 2.59. The maximum Gasteiger partial charge on any atom is 0.241 e. The van der Waals surface area contributed by atoms with Crippen molar-refractivity contribution in [1.29, 1.82) is 0 Å². The fraction of sp³-hybridized carbons (Fsp3) is 0.462. The van der Waals surface area contributed by atoms with Crippen LogP contribution in [0.15, 0.2) is 24.3 Å². The van der Waals surface area contributed by atoms with Gasteiger partial charge in [-0.25, -0.2) is 5.84 Å². The molecule has 0 fully saturated rings. The molecule has 17 heavy (non-hydrogen) atoms. The van der Waals surface area contributed by atoms with Crippen molar-refractivity contribution in [3.05, 3.63) is 35.4 Å². The van der Waals surface area contributed by atoms with E-state index in [0.717, 1.165) is 30.4 Å². The van der Waals surface area contributed by atoms with Gasteiger partial charge in [-0.15, -0.1) is 0 Å². The third kappa shape index (κ3) is 3.84. The molecule has 94 valence electrons. The van der Waals surface area contributed by atoms with Crippen LogP contribution in [0.4, 0.5) is 0 Å². The summed E-state index contributed by atoms with van der Waals surface area (Å²) in [7, 11) is 0. The maximum atomic E-state index is 11.8. The third-order valence-corrected chi connectivity index (χ3v) is 2.89. The minimum atomic E-state index is -0.175. The van der Waals surface area contributed by atoms with E-state index in [0.29, 0.717) is 6.54 Å². The lowest BCUT2D eigenvalue weighted by Gasteiger charge is -2.16. The highest BCUT2D eigenvalue weighted by Gasteiger charge is 2.19. The number of unbranched alkanes of at least 4 members (excludes halogenated alkanes) is 1. The Morgan fingerprint density at radius 2 is 2.24 bits per heavy atom. The Morgan fingerprint density at radius 3 is 2.82 bits per heavy atom. The molecule has 1 aromatic carbocycles. The summed E-state index contributed by atoms with van der Waals surface area (Å²) in [5, 5.41) is 0. The summed E-state index contributed by atoms with van der Waals surface area (Å²) in [6, 6.07) is 7.82. The van der Waals surface area contributed by atoms with Crippen LogP contribution in [-0.2, 0) is 11.3 Å². The first-order chi connectivity index (χ1) is 8.22. The van der Waals surface area contributed by atoms with Gasteiger partial charge in [0, 0.05) is 6.54 Å². The van der Waals surface area contributed by atoms with E-state index in [1.54, 1.807) is 0 Å². The van der Waals surface area contributed by atoms with Crippen LogP contribution in [0.5, 0.6) is 0 Å². The first-order valence-electron chi connectivity index (χ1n) is 6.02. The highest BCUT2D eigenvalue weighted by atomic mass is 16.2. The third-order valence-electron chi connectivity index (χ3n) is 2.89. The smallest absolute Gasteiger partial charge is 0.241 e. The first-order valence-corrected chi connectivity index (χ1v) is 6.02. The van der Waals surface area contributed by atoms with Crippen molar-refractivity contribution in [2.45, 2.75) is 38.6 Å². The predicted octanol–water partition coefficient (Wildman–Crippen LogP) is 1.41. The fourth-order valence-corrected chi connectivity index (χ4v) is 1.89. The minimum Gasteiger partial charge on any atom is -0.326 e. The summed E-state index contributed by atoms with van der Waals surface area (Å²) in [5.41, 5.74) is 9.87. The second kappa shape index (κ2) is 7.04. The van der Waals surface area contributed by atoms with Crippen molar-refractivity contribution in [2.24, 2.45) is 11.6 Å². The summed E-state index contributed by atoms with van der Waals surface area (Å²) in [6.07, 6.45) is 2.88. The van der Waals surface area contributed by atoms with E-state index in [1.165, 1.54) is 0 Å². The number of hydrogen-bond acceptors (Lipinski definition) is 3. The average Bonchev–Trinajstić information content (AvgIpc) is 2.39. The van der Waals surface area contributed by atoms with Crippen LogP contribution in [0, 0.1) is 0 Å². The Morgan fingerprint density at radius 1 is 1.47 bits per heavy atom. The molecule has 0 aromatic heterocycles. The van der Waals surface area contributed by atoms with Crippen LogP contribution in [0.25, 0.3) is 0 Å². The summed E-state index contributed by atoms with van der Waals surface area (Å²) in [5.74, 6) is 4.92. The minimum absolute atomic E-state index is 0.132. The first kappa shape index (κ1) is 13.7. The van der Waals surface area contributed by atoms with Crippen molar-refractivity contribution in [3.8, 4) is 0 Å². The molecule has 4 heteroatoms. The number of hydrogen-bond donors (Lipinski definition) is 3. The van der Waals surface area contributed by atoms with E-state index in [-0.39, 0.29) is 11.8 Å². The average molecular weight is 235 g/mol. The van der Waals surface area contributed by atoms with Crippen molar-refractivity contribution < 1.29 is 4.79 Å². The van der Waals surface area contributed by atoms with Crippen LogP contribution in [-0.4, -0.2) is 5.91 Å². The van der Waals surface area contributed by atoms with Crippen molar-refractivity contribution in [2.75, 3.05) is 0 Å². The largest absolute Gasteiger partial charge is 0.326 e. The molecule has 1 aromatic rings. The number of carbonyl (C=O) groups is 1. The Labute approximate surface area is 102 Å². The highest BCUT2D eigenvalue weighted by molar-refractivity contribution is 5.83. The molecule has 0 bridgehead atoms. The zero-order valence-electron chi connectivity index (χ0n) is 10.3. The Kier molecular flexibility index (Phi) is 5.66. The van der Waals surface area contributed by atoms with E-state index in [9.17, 15) is 4.79 Å². The second-order valence-corrected chi connectivity index (χ2v) is 4.15. The molecule has 1 rings (SSSR count). The second-order valence-electron chi connectivity index (χ2n) is 4.15. The van der Waals surface area contributed by atoms with Gasteiger partial charge >= 0.3 is 0 Å². The van der Waals surface area contributed by atoms with Gasteiger partial charge in [0.2, 0.25) is 5.91 Å². The molecule has 0 saturated carbocycles. The van der Waals surface area contributed by atoms with E-state index < -0.39 is 0 Å². The SMILES string of the molecule is CCCCC(C(=O)NN)c1cccc(CN)c1. The molecule has 0 saturated heterocycles. The van der Waals surface area contributed by atoms with Crippen molar-refractivity contribution in [1.82, 2.24) is 5.43 Å². The van der Waals surface area contributed by atoms with E-state index in [1.807, 2.05) is 24.3 Å². The Hall–Kier alpha value is -1.39. The predicted molar refractivity (Wildman–Crippen MR) is 68.9 cm³/mol. The van der Waals surface area contributed by atoms with Crippen molar-refractivity contribution >= 4 is 5.91 Å². The molecule has 0 spiro atoms. The molecule has 0 aliphatic carbocycles. The van der Waals surface area contributed by atoms with Crippen LogP contribution < -0.4 is 17.0 Å². The van der Waals surface area contributed by atoms with Gasteiger partial charge in [0.15, 0.2) is 0 Å². The van der Waals surface area contributed by atoms with Gasteiger partial charge in [-0.05, 0) is 17.5 Å². The fourth-order valence-electron chi connectivity index (χ4n) is 1.89. The number of nitrogens with two attached hydrogens (primary N) is 2.